The summed E-state index contributed by atoms with van der Waals surface area (Å²) in [4.78, 5) is 30.6. The highest BCUT2D eigenvalue weighted by Gasteiger charge is 2.33. The first-order chi connectivity index (χ1) is 18.6. The van der Waals surface area contributed by atoms with Crippen molar-refractivity contribution in [1.82, 2.24) is 5.32 Å². The van der Waals surface area contributed by atoms with E-state index in [4.69, 9.17) is 25.4 Å². The third-order valence-electron chi connectivity index (χ3n) is 7.12. The summed E-state index contributed by atoms with van der Waals surface area (Å²) in [6.45, 7) is 7.10. The lowest BCUT2D eigenvalue weighted by Gasteiger charge is -2.33. The van der Waals surface area contributed by atoms with Crippen molar-refractivity contribution in [3.8, 4) is 11.3 Å². The van der Waals surface area contributed by atoms with E-state index in [1.165, 1.54) is 10.9 Å². The van der Waals surface area contributed by atoms with Crippen molar-refractivity contribution in [3.63, 3.8) is 0 Å². The number of aliphatic imine (C=N–C) groups is 1. The molecule has 3 aromatic heterocycles. The molecule has 0 saturated carbocycles. The maximum Gasteiger partial charge on any atom is 0.337 e. The first kappa shape index (κ1) is 27.0. The summed E-state index contributed by atoms with van der Waals surface area (Å²) >= 11 is 7.69. The molecule has 202 valence electrons. The molecule has 0 radical (unpaired) electrons. The fraction of sp³-hybridized carbons (Fsp3) is 0.300. The van der Waals surface area contributed by atoms with E-state index in [9.17, 15) is 14.7 Å². The molecular weight excluding hydrogens is 536 g/mol. The van der Waals surface area contributed by atoms with Crippen molar-refractivity contribution in [2.45, 2.75) is 46.6 Å². The molecule has 7 nitrogen and oxygen atoms in total. The van der Waals surface area contributed by atoms with Gasteiger partial charge in [0.15, 0.2) is 0 Å². The number of carboxylic acid groups (broad SMARTS) is 1. The molecule has 0 fully saturated rings. The standard InChI is InChI=1S/C30H29ClN2O5S/c1-30(2,3)18-7-10-22-25(14-18)39-28(26(22)27(34)32-15-19-5-4-12-37-19)33-16-20-8-11-24(38-20)17-6-9-21(29(35)36)23(31)13-17/h4-6,8-9,11-13,16,18H,7,10,14-15H2,1-3H3,(H,32,34)(H,35,36)/t18-/m1/s1. The molecule has 1 amide bonds. The minimum atomic E-state index is -1.09. The number of hydrogen-bond acceptors (Lipinski definition) is 6. The molecule has 2 N–H and O–H groups in total. The van der Waals surface area contributed by atoms with Gasteiger partial charge in [0.1, 0.15) is 22.3 Å². The van der Waals surface area contributed by atoms with Crippen LogP contribution in [-0.2, 0) is 19.4 Å². The van der Waals surface area contributed by atoms with Gasteiger partial charge in [-0.2, -0.15) is 0 Å². The Kier molecular flexibility index (Phi) is 7.51. The number of amides is 1. The molecule has 0 saturated heterocycles. The molecule has 9 heteroatoms. The van der Waals surface area contributed by atoms with Gasteiger partial charge >= 0.3 is 5.97 Å². The van der Waals surface area contributed by atoms with Crippen LogP contribution in [0.3, 0.4) is 0 Å². The fourth-order valence-electron chi connectivity index (χ4n) is 4.85. The molecule has 39 heavy (non-hydrogen) atoms. The third-order valence-corrected chi connectivity index (χ3v) is 8.60. The van der Waals surface area contributed by atoms with Crippen LogP contribution in [0.15, 0.2) is 62.6 Å². The summed E-state index contributed by atoms with van der Waals surface area (Å²) in [5.74, 6) is 1.000. The van der Waals surface area contributed by atoms with Crippen LogP contribution in [0.5, 0.6) is 0 Å². The summed E-state index contributed by atoms with van der Waals surface area (Å²) in [7, 11) is 0. The third kappa shape index (κ3) is 5.87. The zero-order valence-corrected chi connectivity index (χ0v) is 23.5. The number of benzene rings is 1. The quantitative estimate of drug-likeness (QED) is 0.223. The Morgan fingerprint density at radius 3 is 2.74 bits per heavy atom. The monoisotopic (exact) mass is 564 g/mol. The van der Waals surface area contributed by atoms with Crippen LogP contribution >= 0.6 is 22.9 Å². The first-order valence-electron chi connectivity index (χ1n) is 12.7. The van der Waals surface area contributed by atoms with Gasteiger partial charge in [-0.15, -0.1) is 11.3 Å². The van der Waals surface area contributed by atoms with Crippen molar-refractivity contribution in [1.29, 1.82) is 0 Å². The average molecular weight is 565 g/mol. The number of rotatable bonds is 7. The van der Waals surface area contributed by atoms with Crippen LogP contribution in [0.25, 0.3) is 11.3 Å². The number of furan rings is 2. The van der Waals surface area contributed by atoms with E-state index < -0.39 is 5.97 Å². The fourth-order valence-corrected chi connectivity index (χ4v) is 6.38. The van der Waals surface area contributed by atoms with Crippen LogP contribution in [0.2, 0.25) is 5.02 Å². The molecule has 1 aliphatic carbocycles. The van der Waals surface area contributed by atoms with Crippen molar-refractivity contribution < 1.29 is 23.5 Å². The number of nitrogens with zero attached hydrogens (tertiary/aromatic N) is 1. The Morgan fingerprint density at radius 2 is 2.05 bits per heavy atom. The molecule has 0 unspecified atom stereocenters. The molecular formula is C30H29ClN2O5S. The largest absolute Gasteiger partial charge is 0.478 e. The number of carbonyl (C=O) groups excluding carboxylic acids is 1. The van der Waals surface area contributed by atoms with E-state index in [0.29, 0.717) is 45.9 Å². The summed E-state index contributed by atoms with van der Waals surface area (Å²) in [5.41, 5.74) is 2.57. The molecule has 0 bridgehead atoms. The second kappa shape index (κ2) is 10.9. The van der Waals surface area contributed by atoms with Gasteiger partial charge in [-0.05, 0) is 72.6 Å². The maximum absolute atomic E-state index is 13.4. The number of halogens is 1. The molecule has 1 aromatic carbocycles. The molecule has 3 heterocycles. The van der Waals surface area contributed by atoms with E-state index >= 15 is 0 Å². The Hall–Kier alpha value is -3.62. The van der Waals surface area contributed by atoms with Crippen LogP contribution in [0.1, 0.15) is 69.9 Å². The smallest absolute Gasteiger partial charge is 0.337 e. The normalized spacial score (nSPS) is 15.4. The summed E-state index contributed by atoms with van der Waals surface area (Å²) < 4.78 is 11.3. The van der Waals surface area contributed by atoms with Gasteiger partial charge in [0.2, 0.25) is 0 Å². The van der Waals surface area contributed by atoms with Crippen LogP contribution in [-0.4, -0.2) is 23.2 Å². The van der Waals surface area contributed by atoms with E-state index in [1.807, 2.05) is 6.07 Å². The zero-order valence-electron chi connectivity index (χ0n) is 21.9. The van der Waals surface area contributed by atoms with Gasteiger partial charge in [0, 0.05) is 10.4 Å². The number of fused-ring (bicyclic) bond motifs is 1. The number of hydrogen-bond donors (Lipinski definition) is 2. The number of aromatic carboxylic acids is 1. The van der Waals surface area contributed by atoms with Crippen molar-refractivity contribution in [3.05, 3.63) is 86.8 Å². The Bertz CT molecular complexity index is 1540. The summed E-state index contributed by atoms with van der Waals surface area (Å²) in [6.07, 6.45) is 5.99. The number of carbonyl (C=O) groups is 2. The minimum Gasteiger partial charge on any atom is -0.478 e. The van der Waals surface area contributed by atoms with Gasteiger partial charge in [-0.3, -0.25) is 4.79 Å². The van der Waals surface area contributed by atoms with Gasteiger partial charge in [-0.25, -0.2) is 9.79 Å². The molecule has 5 rings (SSSR count). The van der Waals surface area contributed by atoms with Crippen molar-refractivity contribution >= 4 is 46.0 Å². The van der Waals surface area contributed by atoms with Crippen molar-refractivity contribution in [2.24, 2.45) is 16.3 Å². The second-order valence-corrected chi connectivity index (χ2v) is 12.2. The second-order valence-electron chi connectivity index (χ2n) is 10.7. The van der Waals surface area contributed by atoms with E-state index in [1.54, 1.807) is 54.1 Å². The maximum atomic E-state index is 13.4. The van der Waals surface area contributed by atoms with E-state index in [2.05, 4.69) is 26.1 Å². The Balaban J connectivity index is 1.42. The van der Waals surface area contributed by atoms with E-state index in [0.717, 1.165) is 24.8 Å². The lowest BCUT2D eigenvalue weighted by atomic mass is 9.72. The lowest BCUT2D eigenvalue weighted by Crippen LogP contribution is -2.28. The summed E-state index contributed by atoms with van der Waals surface area (Å²) in [5, 5.41) is 13.0. The molecule has 0 spiro atoms. The molecule has 4 aromatic rings. The van der Waals surface area contributed by atoms with Crippen LogP contribution in [0, 0.1) is 11.3 Å². The van der Waals surface area contributed by atoms with Gasteiger partial charge in [-0.1, -0.05) is 38.4 Å². The van der Waals surface area contributed by atoms with Gasteiger partial charge in [0.05, 0.1) is 35.2 Å². The number of carboxylic acids is 1. The molecule has 1 aliphatic rings. The zero-order chi connectivity index (χ0) is 27.7. The Labute approximate surface area is 235 Å². The predicted molar refractivity (Wildman–Crippen MR) is 153 cm³/mol. The average Bonchev–Trinajstić information content (AvgIpc) is 3.64. The van der Waals surface area contributed by atoms with Crippen molar-refractivity contribution in [2.75, 3.05) is 0 Å². The summed E-state index contributed by atoms with van der Waals surface area (Å²) in [6, 6.07) is 11.8. The van der Waals surface area contributed by atoms with Gasteiger partial charge in [0.25, 0.3) is 5.91 Å². The molecule has 0 aliphatic heterocycles. The number of thiophene rings is 1. The SMILES string of the molecule is CC(C)(C)[C@@H]1CCc2c(sc(N=Cc3ccc(-c4ccc(C(=O)O)c(Cl)c4)o3)c2C(=O)NCc2ccco2)C1. The topological polar surface area (TPSA) is 105 Å². The molecule has 1 atom stereocenters. The van der Waals surface area contributed by atoms with E-state index in [-0.39, 0.29) is 21.9 Å². The minimum absolute atomic E-state index is 0.0296. The lowest BCUT2D eigenvalue weighted by molar-refractivity contribution is 0.0696. The number of nitrogens with one attached hydrogen (secondary N) is 1. The van der Waals surface area contributed by atoms with Crippen LogP contribution in [0.4, 0.5) is 5.00 Å². The van der Waals surface area contributed by atoms with Crippen LogP contribution < -0.4 is 5.32 Å². The first-order valence-corrected chi connectivity index (χ1v) is 13.9. The Morgan fingerprint density at radius 1 is 1.23 bits per heavy atom. The highest BCUT2D eigenvalue weighted by Crippen LogP contribution is 2.45. The predicted octanol–water partition coefficient (Wildman–Crippen LogP) is 7.78. The highest BCUT2D eigenvalue weighted by molar-refractivity contribution is 7.16. The van der Waals surface area contributed by atoms with Gasteiger partial charge < -0.3 is 19.3 Å². The highest BCUT2D eigenvalue weighted by atomic mass is 35.5.